The van der Waals surface area contributed by atoms with Crippen LogP contribution in [-0.2, 0) is 0 Å². The second kappa shape index (κ2) is 15.1. The minimum Gasteiger partial charge on any atom is -0.308 e. The molecule has 6 heteroatoms. The van der Waals surface area contributed by atoms with Gasteiger partial charge in [0, 0.05) is 38.6 Å². The molecule has 0 aliphatic rings. The van der Waals surface area contributed by atoms with Gasteiger partial charge in [-0.1, -0.05) is 139 Å². The minimum atomic E-state index is 0.518. The fourth-order valence-electron chi connectivity index (χ4n) is 8.05. The van der Waals surface area contributed by atoms with E-state index >= 15 is 0 Å². The fraction of sp³-hybridized carbons (Fsp3) is 0.0185. The summed E-state index contributed by atoms with van der Waals surface area (Å²) in [6, 6.07) is 68.1. The van der Waals surface area contributed by atoms with Gasteiger partial charge in [0.15, 0.2) is 17.5 Å². The molecular weight excluding hydrogens is 733 g/mol. The van der Waals surface area contributed by atoms with Crippen molar-refractivity contribution in [1.82, 2.24) is 19.5 Å². The van der Waals surface area contributed by atoms with Crippen molar-refractivity contribution in [2.75, 3.05) is 0 Å². The van der Waals surface area contributed by atoms with E-state index in [9.17, 15) is 10.5 Å². The number of fused-ring (bicyclic) bond motifs is 3. The first-order valence-corrected chi connectivity index (χ1v) is 19.7. The Morgan fingerprint density at radius 2 is 0.850 bits per heavy atom. The standard InChI is InChI=1S/C54H34N6/c1-35-11-10-16-42(29-35)43-27-28-50-48(30-43)45-17-8-9-18-49(45)60(50)51-46(38-23-19-36(33-55)20-24-38)31-44(32-47(51)39-25-21-37(34-56)22-26-39)54-58-52(40-12-4-2-5-13-40)57-53(59-54)41-14-6-3-7-15-41/h2-32H,1H3. The largest absolute Gasteiger partial charge is 0.308 e. The number of nitriles is 2. The van der Waals surface area contributed by atoms with Crippen LogP contribution in [0.5, 0.6) is 0 Å². The molecule has 0 N–H and O–H groups in total. The predicted octanol–water partition coefficient (Wildman–Crippen LogP) is 13.0. The van der Waals surface area contributed by atoms with Gasteiger partial charge in [-0.25, -0.2) is 15.0 Å². The van der Waals surface area contributed by atoms with E-state index in [1.807, 2.05) is 109 Å². The summed E-state index contributed by atoms with van der Waals surface area (Å²) in [6.07, 6.45) is 0. The van der Waals surface area contributed by atoms with Gasteiger partial charge >= 0.3 is 0 Å². The number of hydrogen-bond donors (Lipinski definition) is 0. The third-order valence-corrected chi connectivity index (χ3v) is 11.0. The summed E-state index contributed by atoms with van der Waals surface area (Å²) in [7, 11) is 0. The van der Waals surface area contributed by atoms with Crippen LogP contribution in [0.1, 0.15) is 16.7 Å². The van der Waals surface area contributed by atoms with Gasteiger partial charge in [0.1, 0.15) is 0 Å². The van der Waals surface area contributed by atoms with Gasteiger partial charge in [0.2, 0.25) is 0 Å². The number of hydrogen-bond acceptors (Lipinski definition) is 5. The van der Waals surface area contributed by atoms with Crippen LogP contribution < -0.4 is 0 Å². The Kier molecular flexibility index (Phi) is 9.06. The smallest absolute Gasteiger partial charge is 0.164 e. The SMILES string of the molecule is Cc1cccc(-c2ccc3c(c2)c2ccccc2n3-c2c(-c3ccc(C#N)cc3)cc(-c3nc(-c4ccccc4)nc(-c4ccccc4)n3)cc2-c2ccc(C#N)cc2)c1. The van der Waals surface area contributed by atoms with Crippen LogP contribution >= 0.6 is 0 Å². The molecule has 280 valence electrons. The summed E-state index contributed by atoms with van der Waals surface area (Å²) in [5.41, 5.74) is 13.9. The van der Waals surface area contributed by atoms with E-state index in [0.29, 0.717) is 28.6 Å². The highest BCUT2D eigenvalue weighted by Gasteiger charge is 2.23. The molecule has 8 aromatic carbocycles. The number of aryl methyl sites for hydroxylation is 1. The molecule has 10 rings (SSSR count). The topological polar surface area (TPSA) is 91.2 Å². The van der Waals surface area contributed by atoms with Crippen LogP contribution in [0, 0.1) is 29.6 Å². The summed E-state index contributed by atoms with van der Waals surface area (Å²) in [6.45, 7) is 2.12. The number of para-hydroxylation sites is 1. The molecule has 0 aliphatic carbocycles. The van der Waals surface area contributed by atoms with Crippen molar-refractivity contribution < 1.29 is 0 Å². The van der Waals surface area contributed by atoms with E-state index in [1.54, 1.807) is 0 Å². The third kappa shape index (κ3) is 6.55. The molecule has 0 amide bonds. The second-order valence-corrected chi connectivity index (χ2v) is 14.8. The van der Waals surface area contributed by atoms with Crippen LogP contribution in [0.2, 0.25) is 0 Å². The first-order valence-electron chi connectivity index (χ1n) is 19.7. The third-order valence-electron chi connectivity index (χ3n) is 11.0. The maximum Gasteiger partial charge on any atom is 0.164 e. The molecule has 0 bridgehead atoms. The van der Waals surface area contributed by atoms with Gasteiger partial charge in [0.05, 0.1) is 40.0 Å². The maximum absolute atomic E-state index is 9.83. The monoisotopic (exact) mass is 766 g/mol. The van der Waals surface area contributed by atoms with E-state index in [1.165, 1.54) is 5.56 Å². The number of aromatic nitrogens is 4. The van der Waals surface area contributed by atoms with E-state index in [0.717, 1.165) is 77.6 Å². The molecule has 0 unspecified atom stereocenters. The molecule has 0 saturated carbocycles. The van der Waals surface area contributed by atoms with Crippen molar-refractivity contribution in [2.45, 2.75) is 6.92 Å². The van der Waals surface area contributed by atoms with E-state index in [-0.39, 0.29) is 0 Å². The summed E-state index contributed by atoms with van der Waals surface area (Å²) in [5.74, 6) is 1.65. The van der Waals surface area contributed by atoms with Gasteiger partial charge in [-0.2, -0.15) is 10.5 Å². The van der Waals surface area contributed by atoms with Gasteiger partial charge in [-0.15, -0.1) is 0 Å². The van der Waals surface area contributed by atoms with E-state index < -0.39 is 0 Å². The summed E-state index contributed by atoms with van der Waals surface area (Å²) in [4.78, 5) is 15.3. The van der Waals surface area contributed by atoms with Gasteiger partial charge in [-0.05, 0) is 83.8 Å². The fourth-order valence-corrected chi connectivity index (χ4v) is 8.05. The minimum absolute atomic E-state index is 0.518. The quantitative estimate of drug-likeness (QED) is 0.161. The molecule has 0 fully saturated rings. The zero-order valence-corrected chi connectivity index (χ0v) is 32.6. The molecule has 0 aliphatic heterocycles. The Balaban J connectivity index is 1.31. The molecule has 0 radical (unpaired) electrons. The van der Waals surface area contributed by atoms with Gasteiger partial charge < -0.3 is 4.57 Å². The van der Waals surface area contributed by atoms with Crippen molar-refractivity contribution in [2.24, 2.45) is 0 Å². The van der Waals surface area contributed by atoms with Crippen LogP contribution in [0.25, 0.3) is 95.0 Å². The normalized spacial score (nSPS) is 11.1. The summed E-state index contributed by atoms with van der Waals surface area (Å²) >= 11 is 0. The first-order chi connectivity index (χ1) is 29.5. The Morgan fingerprint density at radius 1 is 0.383 bits per heavy atom. The molecule has 6 nitrogen and oxygen atoms in total. The Bertz CT molecular complexity index is 3180. The molecule has 0 saturated heterocycles. The van der Waals surface area contributed by atoms with Crippen LogP contribution in [-0.4, -0.2) is 19.5 Å². The van der Waals surface area contributed by atoms with Crippen molar-refractivity contribution in [1.29, 1.82) is 10.5 Å². The van der Waals surface area contributed by atoms with E-state index in [4.69, 9.17) is 15.0 Å². The average Bonchev–Trinajstić information content (AvgIpc) is 3.65. The lowest BCUT2D eigenvalue weighted by atomic mass is 9.91. The molecule has 10 aromatic rings. The Labute approximate surface area is 347 Å². The predicted molar refractivity (Wildman–Crippen MR) is 241 cm³/mol. The van der Waals surface area contributed by atoms with Gasteiger partial charge in [0.25, 0.3) is 0 Å². The Morgan fingerprint density at radius 3 is 1.40 bits per heavy atom. The van der Waals surface area contributed by atoms with Crippen LogP contribution in [0.15, 0.2) is 188 Å². The lowest BCUT2D eigenvalue weighted by Crippen LogP contribution is -2.04. The van der Waals surface area contributed by atoms with E-state index in [2.05, 4.69) is 102 Å². The lowest BCUT2D eigenvalue weighted by molar-refractivity contribution is 1.07. The zero-order chi connectivity index (χ0) is 40.6. The van der Waals surface area contributed by atoms with Crippen molar-refractivity contribution in [3.8, 4) is 85.4 Å². The molecule has 0 spiro atoms. The summed E-state index contributed by atoms with van der Waals surface area (Å²) in [5, 5.41) is 21.9. The highest BCUT2D eigenvalue weighted by atomic mass is 15.0. The van der Waals surface area contributed by atoms with Crippen LogP contribution in [0.4, 0.5) is 0 Å². The molecule has 2 aromatic heterocycles. The first kappa shape index (κ1) is 35.9. The molecule has 2 heterocycles. The van der Waals surface area contributed by atoms with Crippen molar-refractivity contribution in [3.05, 3.63) is 205 Å². The Hall–Kier alpha value is -8.45. The number of rotatable bonds is 7. The molecular formula is C54H34N6. The van der Waals surface area contributed by atoms with Gasteiger partial charge in [-0.3, -0.25) is 0 Å². The van der Waals surface area contributed by atoms with Crippen LogP contribution in [0.3, 0.4) is 0 Å². The maximum atomic E-state index is 9.83. The average molecular weight is 767 g/mol. The molecule has 60 heavy (non-hydrogen) atoms. The molecule has 0 atom stereocenters. The summed E-state index contributed by atoms with van der Waals surface area (Å²) < 4.78 is 2.35. The lowest BCUT2D eigenvalue weighted by Gasteiger charge is -2.21. The highest BCUT2D eigenvalue weighted by Crippen LogP contribution is 2.44. The number of benzene rings is 8. The number of nitrogens with zero attached hydrogens (tertiary/aromatic N) is 6. The highest BCUT2D eigenvalue weighted by molar-refractivity contribution is 6.12. The zero-order valence-electron chi connectivity index (χ0n) is 32.6. The van der Waals surface area contributed by atoms with Crippen molar-refractivity contribution >= 4 is 21.8 Å². The second-order valence-electron chi connectivity index (χ2n) is 14.8. The van der Waals surface area contributed by atoms with Crippen molar-refractivity contribution in [3.63, 3.8) is 0 Å².